The van der Waals surface area contributed by atoms with Crippen LogP contribution in [-0.4, -0.2) is 18.8 Å². The molecule has 0 amide bonds. The Balaban J connectivity index is 2.49. The fourth-order valence-electron chi connectivity index (χ4n) is 1.11. The Morgan fingerprint density at radius 2 is 2.33 bits per heavy atom. The molecule has 1 nitrogen and oxygen atoms in total. The van der Waals surface area contributed by atoms with Crippen molar-refractivity contribution in [2.75, 3.05) is 13.1 Å². The zero-order valence-corrected chi connectivity index (χ0v) is 6.08. The first-order valence-electron chi connectivity index (χ1n) is 3.52. The van der Waals surface area contributed by atoms with Gasteiger partial charge >= 0.3 is 0 Å². The number of rotatable bonds is 0. The molecule has 2 heteroatoms. The highest BCUT2D eigenvalue weighted by molar-refractivity contribution is 4.85. The predicted molar refractivity (Wildman–Crippen MR) is 36.2 cm³/mol. The second-order valence-electron chi connectivity index (χ2n) is 3.13. The van der Waals surface area contributed by atoms with Crippen molar-refractivity contribution in [2.45, 2.75) is 25.9 Å². The van der Waals surface area contributed by atoms with Gasteiger partial charge in [-0.25, -0.2) is 4.39 Å². The molecular weight excluding hydrogens is 117 g/mol. The van der Waals surface area contributed by atoms with Gasteiger partial charge < -0.3 is 5.32 Å². The fraction of sp³-hybridized carbons (Fsp3) is 1.00. The van der Waals surface area contributed by atoms with Crippen LogP contribution in [0.5, 0.6) is 0 Å². The Morgan fingerprint density at radius 1 is 1.67 bits per heavy atom. The van der Waals surface area contributed by atoms with Crippen LogP contribution in [0.3, 0.4) is 0 Å². The van der Waals surface area contributed by atoms with E-state index in [1.165, 1.54) is 0 Å². The molecule has 0 aromatic carbocycles. The van der Waals surface area contributed by atoms with Crippen LogP contribution in [0, 0.1) is 5.92 Å². The van der Waals surface area contributed by atoms with Gasteiger partial charge in [0.2, 0.25) is 0 Å². The molecule has 0 radical (unpaired) electrons. The van der Waals surface area contributed by atoms with E-state index in [0.29, 0.717) is 6.42 Å². The summed E-state index contributed by atoms with van der Waals surface area (Å²) in [6.45, 7) is 5.30. The molecule has 0 saturated carbocycles. The number of halogens is 1. The molecule has 1 heterocycles. The molecule has 0 aromatic heterocycles. The lowest BCUT2D eigenvalue weighted by Crippen LogP contribution is -2.43. The molecule has 1 saturated heterocycles. The normalized spacial score (nSPS) is 45.0. The van der Waals surface area contributed by atoms with E-state index < -0.39 is 5.67 Å². The molecule has 1 fully saturated rings. The summed E-state index contributed by atoms with van der Waals surface area (Å²) in [5.41, 5.74) is -0.925. The second-order valence-corrected chi connectivity index (χ2v) is 3.13. The van der Waals surface area contributed by atoms with E-state index in [1.54, 1.807) is 6.92 Å². The van der Waals surface area contributed by atoms with Gasteiger partial charge in [-0.2, -0.15) is 0 Å². The molecule has 1 N–H and O–H groups in total. The van der Waals surface area contributed by atoms with E-state index >= 15 is 0 Å². The lowest BCUT2D eigenvalue weighted by Gasteiger charge is -2.32. The first-order chi connectivity index (χ1) is 4.13. The molecule has 2 unspecified atom stereocenters. The molecule has 0 aromatic rings. The van der Waals surface area contributed by atoms with Gasteiger partial charge in [0.1, 0.15) is 5.67 Å². The highest BCUT2D eigenvalue weighted by Crippen LogP contribution is 2.27. The van der Waals surface area contributed by atoms with Crippen molar-refractivity contribution in [3.8, 4) is 0 Å². The second kappa shape index (κ2) is 2.25. The Labute approximate surface area is 55.6 Å². The molecule has 0 aliphatic carbocycles. The van der Waals surface area contributed by atoms with Crippen LogP contribution < -0.4 is 5.32 Å². The Kier molecular flexibility index (Phi) is 1.75. The SMILES string of the molecule is CC1CNCCC1(C)F. The summed E-state index contributed by atoms with van der Waals surface area (Å²) >= 11 is 0. The summed E-state index contributed by atoms with van der Waals surface area (Å²) in [6, 6.07) is 0. The van der Waals surface area contributed by atoms with Crippen molar-refractivity contribution in [1.29, 1.82) is 0 Å². The molecule has 1 rings (SSSR count). The van der Waals surface area contributed by atoms with E-state index in [1.807, 2.05) is 6.92 Å². The lowest BCUT2D eigenvalue weighted by atomic mass is 9.87. The van der Waals surface area contributed by atoms with Gasteiger partial charge in [-0.1, -0.05) is 6.92 Å². The lowest BCUT2D eigenvalue weighted by molar-refractivity contribution is 0.0783. The Bertz CT molecular complexity index is 101. The summed E-state index contributed by atoms with van der Waals surface area (Å²) in [5.74, 6) is 0.172. The van der Waals surface area contributed by atoms with Gasteiger partial charge in [-0.05, 0) is 19.9 Å². The molecule has 1 aliphatic heterocycles. The molecule has 1 aliphatic rings. The molecule has 0 bridgehead atoms. The Morgan fingerprint density at radius 3 is 2.67 bits per heavy atom. The van der Waals surface area contributed by atoms with Crippen molar-refractivity contribution < 1.29 is 4.39 Å². The van der Waals surface area contributed by atoms with Gasteiger partial charge in [0, 0.05) is 12.5 Å². The topological polar surface area (TPSA) is 12.0 Å². The third-order valence-electron chi connectivity index (χ3n) is 2.27. The summed E-state index contributed by atoms with van der Waals surface area (Å²) in [6.07, 6.45) is 0.661. The molecule has 54 valence electrons. The van der Waals surface area contributed by atoms with Gasteiger partial charge in [0.05, 0.1) is 0 Å². The van der Waals surface area contributed by atoms with Gasteiger partial charge in [0.15, 0.2) is 0 Å². The van der Waals surface area contributed by atoms with Crippen molar-refractivity contribution in [3.05, 3.63) is 0 Å². The van der Waals surface area contributed by atoms with Crippen LogP contribution in [0.15, 0.2) is 0 Å². The molecular formula is C7H14FN. The first kappa shape index (κ1) is 7.00. The van der Waals surface area contributed by atoms with Crippen LogP contribution >= 0.6 is 0 Å². The summed E-state index contributed by atoms with van der Waals surface area (Å²) in [4.78, 5) is 0. The maximum absolute atomic E-state index is 13.2. The predicted octanol–water partition coefficient (Wildman–Crippen LogP) is 1.34. The summed E-state index contributed by atoms with van der Waals surface area (Å²) in [5, 5.41) is 3.15. The number of nitrogens with one attached hydrogen (secondary N) is 1. The quantitative estimate of drug-likeness (QED) is 0.523. The molecule has 2 atom stereocenters. The van der Waals surface area contributed by atoms with Crippen molar-refractivity contribution in [1.82, 2.24) is 5.32 Å². The zero-order valence-electron chi connectivity index (χ0n) is 6.08. The average Bonchev–Trinajstić information content (AvgIpc) is 1.77. The first-order valence-corrected chi connectivity index (χ1v) is 3.52. The third-order valence-corrected chi connectivity index (χ3v) is 2.27. The Hall–Kier alpha value is -0.110. The van der Waals surface area contributed by atoms with E-state index in [9.17, 15) is 4.39 Å². The smallest absolute Gasteiger partial charge is 0.113 e. The van der Waals surface area contributed by atoms with Crippen LogP contribution in [0.25, 0.3) is 0 Å². The highest BCUT2D eigenvalue weighted by atomic mass is 19.1. The standard InChI is InChI=1S/C7H14FN/c1-6-5-9-4-3-7(6,2)8/h6,9H,3-5H2,1-2H3. The number of hydrogen-bond donors (Lipinski definition) is 1. The van der Waals surface area contributed by atoms with Crippen molar-refractivity contribution in [2.24, 2.45) is 5.92 Å². The largest absolute Gasteiger partial charge is 0.316 e. The van der Waals surface area contributed by atoms with Gasteiger partial charge in [-0.3, -0.25) is 0 Å². The van der Waals surface area contributed by atoms with Crippen LogP contribution in [-0.2, 0) is 0 Å². The van der Waals surface area contributed by atoms with E-state index in [4.69, 9.17) is 0 Å². The third kappa shape index (κ3) is 1.42. The van der Waals surface area contributed by atoms with E-state index in [-0.39, 0.29) is 5.92 Å². The van der Waals surface area contributed by atoms with Crippen molar-refractivity contribution in [3.63, 3.8) is 0 Å². The van der Waals surface area contributed by atoms with Crippen LogP contribution in [0.2, 0.25) is 0 Å². The number of hydrogen-bond acceptors (Lipinski definition) is 1. The number of piperidine rings is 1. The molecule has 9 heavy (non-hydrogen) atoms. The van der Waals surface area contributed by atoms with Crippen LogP contribution in [0.4, 0.5) is 4.39 Å². The fourth-order valence-corrected chi connectivity index (χ4v) is 1.11. The monoisotopic (exact) mass is 131 g/mol. The van der Waals surface area contributed by atoms with Gasteiger partial charge in [0.25, 0.3) is 0 Å². The number of alkyl halides is 1. The maximum atomic E-state index is 13.2. The minimum Gasteiger partial charge on any atom is -0.316 e. The highest BCUT2D eigenvalue weighted by Gasteiger charge is 2.32. The summed E-state index contributed by atoms with van der Waals surface area (Å²) in [7, 11) is 0. The van der Waals surface area contributed by atoms with E-state index in [0.717, 1.165) is 13.1 Å². The summed E-state index contributed by atoms with van der Waals surface area (Å²) < 4.78 is 13.2. The minimum absolute atomic E-state index is 0.172. The molecule has 0 spiro atoms. The van der Waals surface area contributed by atoms with Gasteiger partial charge in [-0.15, -0.1) is 0 Å². The minimum atomic E-state index is -0.925. The maximum Gasteiger partial charge on any atom is 0.113 e. The van der Waals surface area contributed by atoms with Crippen molar-refractivity contribution >= 4 is 0 Å². The average molecular weight is 131 g/mol. The van der Waals surface area contributed by atoms with Crippen LogP contribution in [0.1, 0.15) is 20.3 Å². The van der Waals surface area contributed by atoms with E-state index in [2.05, 4.69) is 5.32 Å². The zero-order chi connectivity index (χ0) is 6.91.